The first-order valence-electron chi connectivity index (χ1n) is 4.70. The molecular weight excluding hydrogens is 198 g/mol. The van der Waals surface area contributed by atoms with Crippen LogP contribution >= 0.6 is 12.4 Å². The average Bonchev–Trinajstić information content (AvgIpc) is 2.19. The predicted octanol–water partition coefficient (Wildman–Crippen LogP) is 2.40. The molecule has 0 saturated heterocycles. The number of halogens is 1. The summed E-state index contributed by atoms with van der Waals surface area (Å²) in [4.78, 5) is 0. The van der Waals surface area contributed by atoms with Crippen molar-refractivity contribution in [3.8, 4) is 5.75 Å². The van der Waals surface area contributed by atoms with Crippen LogP contribution < -0.4 is 10.5 Å². The third kappa shape index (κ3) is 4.49. The maximum absolute atomic E-state index is 5.42. The molecule has 0 saturated carbocycles. The number of unbranched alkanes of at least 4 members (excludes halogenated alkanes) is 1. The van der Waals surface area contributed by atoms with Crippen LogP contribution in [0.5, 0.6) is 5.75 Å². The van der Waals surface area contributed by atoms with Gasteiger partial charge in [-0.2, -0.15) is 0 Å². The molecule has 14 heavy (non-hydrogen) atoms. The van der Waals surface area contributed by atoms with E-state index in [0.717, 1.165) is 25.1 Å². The van der Waals surface area contributed by atoms with Gasteiger partial charge >= 0.3 is 0 Å². The van der Waals surface area contributed by atoms with Crippen LogP contribution in [0.4, 0.5) is 0 Å². The molecule has 2 nitrogen and oxygen atoms in total. The summed E-state index contributed by atoms with van der Waals surface area (Å²) in [7, 11) is 1.68. The summed E-state index contributed by atoms with van der Waals surface area (Å²) in [6.45, 7) is 0.788. The van der Waals surface area contributed by atoms with E-state index in [1.54, 1.807) is 7.11 Å². The molecule has 0 bridgehead atoms. The van der Waals surface area contributed by atoms with Crippen LogP contribution in [0.1, 0.15) is 18.4 Å². The van der Waals surface area contributed by atoms with Crippen molar-refractivity contribution < 1.29 is 4.74 Å². The van der Waals surface area contributed by atoms with Crippen LogP contribution in [0.25, 0.3) is 0 Å². The van der Waals surface area contributed by atoms with E-state index in [2.05, 4.69) is 12.1 Å². The van der Waals surface area contributed by atoms with Crippen LogP contribution in [0.3, 0.4) is 0 Å². The number of nitrogens with two attached hydrogens (primary N) is 1. The summed E-state index contributed by atoms with van der Waals surface area (Å²) < 4.78 is 5.07. The number of hydrogen-bond acceptors (Lipinski definition) is 2. The molecule has 0 aliphatic heterocycles. The molecule has 0 aromatic heterocycles. The lowest BCUT2D eigenvalue weighted by Crippen LogP contribution is -1.98. The molecule has 3 heteroatoms. The van der Waals surface area contributed by atoms with Gasteiger partial charge in [0.2, 0.25) is 0 Å². The summed E-state index contributed by atoms with van der Waals surface area (Å²) in [5.74, 6) is 0.919. The lowest BCUT2D eigenvalue weighted by molar-refractivity contribution is 0.414. The van der Waals surface area contributed by atoms with Crippen molar-refractivity contribution in [2.45, 2.75) is 19.3 Å². The van der Waals surface area contributed by atoms with Crippen molar-refractivity contribution in [3.63, 3.8) is 0 Å². The van der Waals surface area contributed by atoms with Crippen molar-refractivity contribution in [1.82, 2.24) is 0 Å². The fraction of sp³-hybridized carbons (Fsp3) is 0.455. The van der Waals surface area contributed by atoms with Gasteiger partial charge in [0.25, 0.3) is 0 Å². The maximum Gasteiger partial charge on any atom is 0.118 e. The fourth-order valence-corrected chi connectivity index (χ4v) is 1.27. The normalized spacial score (nSPS) is 9.29. The van der Waals surface area contributed by atoms with Crippen molar-refractivity contribution >= 4 is 12.4 Å². The largest absolute Gasteiger partial charge is 0.497 e. The molecular formula is C11H18ClNO. The quantitative estimate of drug-likeness (QED) is 0.766. The van der Waals surface area contributed by atoms with E-state index in [1.165, 1.54) is 12.0 Å². The number of benzene rings is 1. The van der Waals surface area contributed by atoms with E-state index < -0.39 is 0 Å². The van der Waals surface area contributed by atoms with Crippen LogP contribution in [0.2, 0.25) is 0 Å². The molecule has 0 spiro atoms. The maximum atomic E-state index is 5.42. The Morgan fingerprint density at radius 1 is 1.14 bits per heavy atom. The number of aryl methyl sites for hydroxylation is 1. The van der Waals surface area contributed by atoms with Gasteiger partial charge < -0.3 is 10.5 Å². The zero-order chi connectivity index (χ0) is 9.52. The van der Waals surface area contributed by atoms with Crippen LogP contribution in [-0.4, -0.2) is 13.7 Å². The van der Waals surface area contributed by atoms with Crippen molar-refractivity contribution in [2.75, 3.05) is 13.7 Å². The van der Waals surface area contributed by atoms with Gasteiger partial charge in [-0.15, -0.1) is 12.4 Å². The average molecular weight is 216 g/mol. The molecule has 0 atom stereocenters. The lowest BCUT2D eigenvalue weighted by atomic mass is 10.1. The Balaban J connectivity index is 0.00000169. The monoisotopic (exact) mass is 215 g/mol. The zero-order valence-electron chi connectivity index (χ0n) is 8.53. The lowest BCUT2D eigenvalue weighted by Gasteiger charge is -2.02. The first kappa shape index (κ1) is 13.3. The summed E-state index contributed by atoms with van der Waals surface area (Å²) in [5, 5.41) is 0. The van der Waals surface area contributed by atoms with Gasteiger partial charge in [-0.3, -0.25) is 0 Å². The second-order valence-corrected chi connectivity index (χ2v) is 3.09. The van der Waals surface area contributed by atoms with E-state index in [-0.39, 0.29) is 12.4 Å². The van der Waals surface area contributed by atoms with E-state index in [4.69, 9.17) is 10.5 Å². The third-order valence-corrected chi connectivity index (χ3v) is 2.08. The van der Waals surface area contributed by atoms with E-state index >= 15 is 0 Å². The molecule has 0 amide bonds. The Hall–Kier alpha value is -0.730. The molecule has 0 fully saturated rings. The standard InChI is InChI=1S/C11H17NO.ClH/c1-13-11-7-5-10(6-8-11)4-2-3-9-12;/h5-8H,2-4,9,12H2,1H3;1H. The Morgan fingerprint density at radius 3 is 2.29 bits per heavy atom. The minimum absolute atomic E-state index is 0. The Morgan fingerprint density at radius 2 is 1.79 bits per heavy atom. The van der Waals surface area contributed by atoms with Crippen LogP contribution in [-0.2, 0) is 6.42 Å². The Bertz CT molecular complexity index is 236. The molecule has 0 heterocycles. The topological polar surface area (TPSA) is 35.2 Å². The first-order valence-corrected chi connectivity index (χ1v) is 4.70. The van der Waals surface area contributed by atoms with Gasteiger partial charge in [-0.1, -0.05) is 12.1 Å². The fourth-order valence-electron chi connectivity index (χ4n) is 1.27. The summed E-state index contributed by atoms with van der Waals surface area (Å²) >= 11 is 0. The van der Waals surface area contributed by atoms with Crippen molar-refractivity contribution in [3.05, 3.63) is 29.8 Å². The molecule has 2 N–H and O–H groups in total. The third-order valence-electron chi connectivity index (χ3n) is 2.08. The number of methoxy groups -OCH3 is 1. The van der Waals surface area contributed by atoms with E-state index in [9.17, 15) is 0 Å². The van der Waals surface area contributed by atoms with Crippen molar-refractivity contribution in [2.24, 2.45) is 5.73 Å². The Labute approximate surface area is 91.9 Å². The van der Waals surface area contributed by atoms with Crippen LogP contribution in [0.15, 0.2) is 24.3 Å². The van der Waals surface area contributed by atoms with Crippen LogP contribution in [0, 0.1) is 0 Å². The predicted molar refractivity (Wildman–Crippen MR) is 62.2 cm³/mol. The van der Waals surface area contributed by atoms with Gasteiger partial charge in [0.1, 0.15) is 5.75 Å². The molecule has 80 valence electrons. The molecule has 0 aliphatic carbocycles. The van der Waals surface area contributed by atoms with Gasteiger partial charge in [0.15, 0.2) is 0 Å². The minimum Gasteiger partial charge on any atom is -0.497 e. The van der Waals surface area contributed by atoms with Gasteiger partial charge in [0.05, 0.1) is 7.11 Å². The summed E-state index contributed by atoms with van der Waals surface area (Å²) in [6.07, 6.45) is 3.38. The zero-order valence-corrected chi connectivity index (χ0v) is 9.35. The summed E-state index contributed by atoms with van der Waals surface area (Å²) in [6, 6.07) is 8.21. The molecule has 1 aromatic carbocycles. The minimum atomic E-state index is 0. The number of rotatable bonds is 5. The Kier molecular flexibility index (Phi) is 7.25. The molecule has 1 rings (SSSR count). The second-order valence-electron chi connectivity index (χ2n) is 3.09. The molecule has 0 aliphatic rings. The van der Waals surface area contributed by atoms with E-state index in [1.807, 2.05) is 12.1 Å². The highest BCUT2D eigenvalue weighted by atomic mass is 35.5. The van der Waals surface area contributed by atoms with Gasteiger partial charge in [-0.25, -0.2) is 0 Å². The smallest absolute Gasteiger partial charge is 0.118 e. The number of hydrogen-bond donors (Lipinski definition) is 1. The highest BCUT2D eigenvalue weighted by Crippen LogP contribution is 2.12. The van der Waals surface area contributed by atoms with Crippen molar-refractivity contribution in [1.29, 1.82) is 0 Å². The van der Waals surface area contributed by atoms with E-state index in [0.29, 0.717) is 0 Å². The highest BCUT2D eigenvalue weighted by molar-refractivity contribution is 5.85. The molecule has 0 radical (unpaired) electrons. The highest BCUT2D eigenvalue weighted by Gasteiger charge is 1.93. The SMILES string of the molecule is COc1ccc(CCCCN)cc1.Cl. The first-order chi connectivity index (χ1) is 6.36. The molecule has 1 aromatic rings. The number of ether oxygens (including phenoxy) is 1. The van der Waals surface area contributed by atoms with Gasteiger partial charge in [-0.05, 0) is 43.5 Å². The molecule has 0 unspecified atom stereocenters. The second kappa shape index (κ2) is 7.65. The van der Waals surface area contributed by atoms with Gasteiger partial charge in [0, 0.05) is 0 Å². The summed E-state index contributed by atoms with van der Waals surface area (Å²) in [5.41, 5.74) is 6.77.